The minimum atomic E-state index is -3.45. The molecule has 0 radical (unpaired) electrons. The normalized spacial score (nSPS) is 12.3. The Morgan fingerprint density at radius 1 is 1.24 bits per heavy atom. The standard InChI is InChI=1S/C11H23NO4S/c1-4-7-12(8-11(13)14)17(15,16)9-10(5-2)6-3/h10H,4-9H2,1-3H3,(H,13,14). The molecule has 0 aliphatic heterocycles. The van der Waals surface area contributed by atoms with Gasteiger partial charge in [0.2, 0.25) is 10.0 Å². The van der Waals surface area contributed by atoms with E-state index in [9.17, 15) is 13.2 Å². The van der Waals surface area contributed by atoms with Crippen molar-refractivity contribution in [3.05, 3.63) is 0 Å². The molecule has 0 rings (SSSR count). The fourth-order valence-corrected chi connectivity index (χ4v) is 3.69. The van der Waals surface area contributed by atoms with Gasteiger partial charge >= 0.3 is 5.97 Å². The van der Waals surface area contributed by atoms with Gasteiger partial charge in [0.15, 0.2) is 0 Å². The summed E-state index contributed by atoms with van der Waals surface area (Å²) in [5.41, 5.74) is 0. The summed E-state index contributed by atoms with van der Waals surface area (Å²) in [7, 11) is -3.45. The van der Waals surface area contributed by atoms with Crippen molar-refractivity contribution < 1.29 is 18.3 Å². The zero-order valence-corrected chi connectivity index (χ0v) is 11.7. The molecule has 0 saturated heterocycles. The van der Waals surface area contributed by atoms with Gasteiger partial charge in [0.1, 0.15) is 6.54 Å². The van der Waals surface area contributed by atoms with Crippen molar-refractivity contribution in [2.75, 3.05) is 18.8 Å². The summed E-state index contributed by atoms with van der Waals surface area (Å²) in [6, 6.07) is 0. The summed E-state index contributed by atoms with van der Waals surface area (Å²) < 4.78 is 25.2. The van der Waals surface area contributed by atoms with Crippen molar-refractivity contribution in [1.82, 2.24) is 4.31 Å². The maximum atomic E-state index is 12.0. The minimum absolute atomic E-state index is 0.0489. The third kappa shape index (κ3) is 6.02. The highest BCUT2D eigenvalue weighted by atomic mass is 32.2. The summed E-state index contributed by atoms with van der Waals surface area (Å²) in [6.07, 6.45) is 2.21. The summed E-state index contributed by atoms with van der Waals surface area (Å²) in [5.74, 6) is -0.951. The molecule has 0 heterocycles. The van der Waals surface area contributed by atoms with E-state index in [4.69, 9.17) is 5.11 Å². The van der Waals surface area contributed by atoms with Crippen LogP contribution in [-0.4, -0.2) is 42.6 Å². The van der Waals surface area contributed by atoms with Gasteiger partial charge in [0.05, 0.1) is 5.75 Å². The molecule has 1 N–H and O–H groups in total. The van der Waals surface area contributed by atoms with Crippen molar-refractivity contribution in [2.24, 2.45) is 5.92 Å². The second-order valence-electron chi connectivity index (χ2n) is 4.19. The molecule has 0 aromatic heterocycles. The Kier molecular flexibility index (Phi) is 7.38. The Hall–Kier alpha value is -0.620. The van der Waals surface area contributed by atoms with Crippen LogP contribution in [0.4, 0.5) is 0 Å². The van der Waals surface area contributed by atoms with Gasteiger partial charge in [-0.1, -0.05) is 33.6 Å². The smallest absolute Gasteiger partial charge is 0.318 e. The molecule has 6 heteroatoms. The molecule has 0 aliphatic carbocycles. The number of sulfonamides is 1. The monoisotopic (exact) mass is 265 g/mol. The van der Waals surface area contributed by atoms with Gasteiger partial charge in [-0.25, -0.2) is 8.42 Å². The maximum absolute atomic E-state index is 12.0. The summed E-state index contributed by atoms with van der Waals surface area (Å²) in [5, 5.41) is 8.72. The predicted molar refractivity (Wildman–Crippen MR) is 67.4 cm³/mol. The molecular formula is C11H23NO4S. The van der Waals surface area contributed by atoms with Crippen LogP contribution in [0.3, 0.4) is 0 Å². The molecule has 0 unspecified atom stereocenters. The number of carboxylic acid groups (broad SMARTS) is 1. The Balaban J connectivity index is 4.75. The van der Waals surface area contributed by atoms with Gasteiger partial charge in [-0.15, -0.1) is 0 Å². The Morgan fingerprint density at radius 3 is 2.12 bits per heavy atom. The van der Waals surface area contributed by atoms with E-state index in [1.807, 2.05) is 20.8 Å². The largest absolute Gasteiger partial charge is 0.480 e. The van der Waals surface area contributed by atoms with Gasteiger partial charge in [-0.2, -0.15) is 4.31 Å². The summed E-state index contributed by atoms with van der Waals surface area (Å²) >= 11 is 0. The molecule has 0 bridgehead atoms. The van der Waals surface area contributed by atoms with E-state index in [1.165, 1.54) is 0 Å². The van der Waals surface area contributed by atoms with E-state index in [-0.39, 0.29) is 18.2 Å². The Morgan fingerprint density at radius 2 is 1.76 bits per heavy atom. The van der Waals surface area contributed by atoms with Crippen LogP contribution in [0.25, 0.3) is 0 Å². The van der Waals surface area contributed by atoms with Crippen molar-refractivity contribution in [2.45, 2.75) is 40.0 Å². The van der Waals surface area contributed by atoms with Crippen LogP contribution >= 0.6 is 0 Å². The number of carboxylic acids is 1. The lowest BCUT2D eigenvalue weighted by atomic mass is 10.1. The first-order chi connectivity index (χ1) is 7.87. The second-order valence-corrected chi connectivity index (χ2v) is 6.20. The molecule has 0 fully saturated rings. The number of hydrogen-bond donors (Lipinski definition) is 1. The Bertz CT molecular complexity index is 322. The van der Waals surface area contributed by atoms with E-state index >= 15 is 0 Å². The quantitative estimate of drug-likeness (QED) is 0.686. The van der Waals surface area contributed by atoms with E-state index < -0.39 is 22.5 Å². The third-order valence-corrected chi connectivity index (χ3v) is 4.77. The van der Waals surface area contributed by atoms with Crippen LogP contribution in [0.2, 0.25) is 0 Å². The second kappa shape index (κ2) is 7.66. The third-order valence-electron chi connectivity index (χ3n) is 2.78. The summed E-state index contributed by atoms with van der Waals surface area (Å²) in [4.78, 5) is 10.6. The molecule has 102 valence electrons. The lowest BCUT2D eigenvalue weighted by Crippen LogP contribution is -2.39. The van der Waals surface area contributed by atoms with Gasteiger partial charge in [0, 0.05) is 6.54 Å². The molecular weight excluding hydrogens is 242 g/mol. The zero-order chi connectivity index (χ0) is 13.5. The first-order valence-corrected chi connectivity index (χ1v) is 7.67. The van der Waals surface area contributed by atoms with Crippen molar-refractivity contribution >= 4 is 16.0 Å². The molecule has 0 spiro atoms. The highest BCUT2D eigenvalue weighted by molar-refractivity contribution is 7.89. The fraction of sp³-hybridized carbons (Fsp3) is 0.909. The van der Waals surface area contributed by atoms with Crippen molar-refractivity contribution in [3.63, 3.8) is 0 Å². The highest BCUT2D eigenvalue weighted by Crippen LogP contribution is 2.14. The van der Waals surface area contributed by atoms with Crippen molar-refractivity contribution in [3.8, 4) is 0 Å². The highest BCUT2D eigenvalue weighted by Gasteiger charge is 2.26. The van der Waals surface area contributed by atoms with E-state index in [1.54, 1.807) is 0 Å². The molecule has 0 aliphatic rings. The maximum Gasteiger partial charge on any atom is 0.318 e. The van der Waals surface area contributed by atoms with Crippen LogP contribution in [0, 0.1) is 5.92 Å². The molecule has 0 aromatic rings. The van der Waals surface area contributed by atoms with E-state index in [0.29, 0.717) is 6.42 Å². The van der Waals surface area contributed by atoms with Gasteiger partial charge < -0.3 is 5.11 Å². The number of rotatable bonds is 9. The molecule has 0 atom stereocenters. The number of carbonyl (C=O) groups is 1. The molecule has 5 nitrogen and oxygen atoms in total. The number of nitrogens with zero attached hydrogens (tertiary/aromatic N) is 1. The summed E-state index contributed by atoms with van der Waals surface area (Å²) in [6.45, 7) is 5.57. The predicted octanol–water partition coefficient (Wildman–Crippen LogP) is 1.55. The van der Waals surface area contributed by atoms with E-state index in [2.05, 4.69) is 0 Å². The van der Waals surface area contributed by atoms with Crippen LogP contribution < -0.4 is 0 Å². The average Bonchev–Trinajstić information content (AvgIpc) is 2.24. The van der Waals surface area contributed by atoms with Gasteiger partial charge in [-0.05, 0) is 12.3 Å². The zero-order valence-electron chi connectivity index (χ0n) is 10.8. The van der Waals surface area contributed by atoms with Gasteiger partial charge in [0.25, 0.3) is 0 Å². The molecule has 17 heavy (non-hydrogen) atoms. The molecule has 0 amide bonds. The van der Waals surface area contributed by atoms with Crippen molar-refractivity contribution in [1.29, 1.82) is 0 Å². The molecule has 0 saturated carbocycles. The first-order valence-electron chi connectivity index (χ1n) is 6.06. The SMILES string of the molecule is CCCN(CC(=O)O)S(=O)(=O)CC(CC)CC. The number of hydrogen-bond acceptors (Lipinski definition) is 3. The van der Waals surface area contributed by atoms with Crippen LogP contribution in [0.1, 0.15) is 40.0 Å². The van der Waals surface area contributed by atoms with Crippen LogP contribution in [-0.2, 0) is 14.8 Å². The van der Waals surface area contributed by atoms with Crippen LogP contribution in [0.5, 0.6) is 0 Å². The van der Waals surface area contributed by atoms with Crippen LogP contribution in [0.15, 0.2) is 0 Å². The average molecular weight is 265 g/mol. The number of aliphatic carboxylic acids is 1. The fourth-order valence-electron chi connectivity index (χ4n) is 1.64. The Labute approximate surface area is 104 Å². The van der Waals surface area contributed by atoms with E-state index in [0.717, 1.165) is 17.1 Å². The first kappa shape index (κ1) is 16.4. The lowest BCUT2D eigenvalue weighted by molar-refractivity contribution is -0.137. The minimum Gasteiger partial charge on any atom is -0.480 e. The molecule has 0 aromatic carbocycles. The van der Waals surface area contributed by atoms with Gasteiger partial charge in [-0.3, -0.25) is 4.79 Å². The lowest BCUT2D eigenvalue weighted by Gasteiger charge is -2.22. The topological polar surface area (TPSA) is 74.7 Å².